The zero-order chi connectivity index (χ0) is 22.8. The smallest absolute Gasteiger partial charge is 0.416 e. The standard InChI is InChI=1S/C20H20ClF3N2O4S/c1-30-17-8-7-15(21)11-18(17)31(28,29)26-9-3-4-13(12-26)19(27)25-16-6-2-5-14(10-16)20(22,23)24/h2,5-8,10-11,13H,3-4,9,12H2,1H3,(H,25,27)/t13-/m0/s1. The van der Waals surface area contributed by atoms with Gasteiger partial charge in [-0.15, -0.1) is 0 Å². The van der Waals surface area contributed by atoms with Crippen LogP contribution in [0.25, 0.3) is 0 Å². The van der Waals surface area contributed by atoms with Crippen molar-refractivity contribution in [3.63, 3.8) is 0 Å². The fourth-order valence-corrected chi connectivity index (χ4v) is 5.33. The molecule has 0 aliphatic carbocycles. The van der Waals surface area contributed by atoms with Gasteiger partial charge in [0.15, 0.2) is 0 Å². The van der Waals surface area contributed by atoms with Crippen LogP contribution in [0.1, 0.15) is 18.4 Å². The molecule has 1 fully saturated rings. The lowest BCUT2D eigenvalue weighted by atomic mass is 9.98. The van der Waals surface area contributed by atoms with Crippen molar-refractivity contribution in [2.24, 2.45) is 5.92 Å². The highest BCUT2D eigenvalue weighted by Crippen LogP contribution is 2.33. The third-order valence-electron chi connectivity index (χ3n) is 4.96. The van der Waals surface area contributed by atoms with Crippen LogP contribution < -0.4 is 10.1 Å². The van der Waals surface area contributed by atoms with E-state index in [0.29, 0.717) is 12.8 Å². The molecule has 0 bridgehead atoms. The van der Waals surface area contributed by atoms with Gasteiger partial charge in [-0.05, 0) is 49.2 Å². The monoisotopic (exact) mass is 476 g/mol. The maximum absolute atomic E-state index is 13.1. The molecule has 1 aliphatic rings. The number of anilines is 1. The number of amides is 1. The maximum Gasteiger partial charge on any atom is 0.416 e. The lowest BCUT2D eigenvalue weighted by molar-refractivity contribution is -0.137. The van der Waals surface area contributed by atoms with Crippen molar-refractivity contribution >= 4 is 33.2 Å². The molecule has 0 spiro atoms. The lowest BCUT2D eigenvalue weighted by Crippen LogP contribution is -2.43. The molecule has 6 nitrogen and oxygen atoms in total. The molecule has 1 heterocycles. The molecule has 0 saturated carbocycles. The van der Waals surface area contributed by atoms with Gasteiger partial charge in [0.05, 0.1) is 18.6 Å². The molecule has 11 heteroatoms. The van der Waals surface area contributed by atoms with Crippen LogP contribution in [0.4, 0.5) is 18.9 Å². The quantitative estimate of drug-likeness (QED) is 0.693. The molecule has 2 aromatic carbocycles. The van der Waals surface area contributed by atoms with Crippen LogP contribution in [0.15, 0.2) is 47.4 Å². The van der Waals surface area contributed by atoms with Crippen molar-refractivity contribution in [3.05, 3.63) is 53.1 Å². The third kappa shape index (κ3) is 5.31. The van der Waals surface area contributed by atoms with Crippen LogP contribution in [0, 0.1) is 5.92 Å². The summed E-state index contributed by atoms with van der Waals surface area (Å²) in [5.74, 6) is -1.14. The number of carbonyl (C=O) groups is 1. The van der Waals surface area contributed by atoms with Crippen LogP contribution in [-0.2, 0) is 21.0 Å². The Morgan fingerprint density at radius 2 is 1.97 bits per heavy atom. The van der Waals surface area contributed by atoms with Crippen molar-refractivity contribution < 1.29 is 31.1 Å². The number of hydrogen-bond donors (Lipinski definition) is 1. The number of hydrogen-bond acceptors (Lipinski definition) is 4. The molecule has 1 atom stereocenters. The molecular formula is C20H20ClF3N2O4S. The second-order valence-electron chi connectivity index (χ2n) is 7.07. The molecule has 168 valence electrons. The summed E-state index contributed by atoms with van der Waals surface area (Å²) in [6.45, 7) is 0.0914. The molecule has 2 aromatic rings. The molecule has 1 amide bonds. The van der Waals surface area contributed by atoms with Gasteiger partial charge in [0.1, 0.15) is 10.6 Å². The summed E-state index contributed by atoms with van der Waals surface area (Å²) in [6, 6.07) is 8.51. The number of sulfonamides is 1. The molecule has 0 aromatic heterocycles. The van der Waals surface area contributed by atoms with Crippen molar-refractivity contribution in [1.29, 1.82) is 0 Å². The van der Waals surface area contributed by atoms with E-state index in [2.05, 4.69) is 5.32 Å². The van der Waals surface area contributed by atoms with Gasteiger partial charge in [0.25, 0.3) is 0 Å². The van der Waals surface area contributed by atoms with E-state index < -0.39 is 33.6 Å². The highest BCUT2D eigenvalue weighted by molar-refractivity contribution is 7.89. The Morgan fingerprint density at radius 1 is 1.23 bits per heavy atom. The van der Waals surface area contributed by atoms with Crippen molar-refractivity contribution in [3.8, 4) is 5.75 Å². The normalized spacial score (nSPS) is 17.9. The molecule has 0 radical (unpaired) electrons. The van der Waals surface area contributed by atoms with Gasteiger partial charge in [-0.2, -0.15) is 17.5 Å². The number of nitrogens with zero attached hydrogens (tertiary/aromatic N) is 1. The summed E-state index contributed by atoms with van der Waals surface area (Å²) in [4.78, 5) is 12.5. The minimum absolute atomic E-state index is 0.00341. The van der Waals surface area contributed by atoms with Crippen molar-refractivity contribution in [1.82, 2.24) is 4.31 Å². The first-order chi connectivity index (χ1) is 14.5. The summed E-state index contributed by atoms with van der Waals surface area (Å²) >= 11 is 5.95. The molecule has 0 unspecified atom stereocenters. The summed E-state index contributed by atoms with van der Waals surface area (Å²) in [5, 5.41) is 2.68. The number of halogens is 4. The maximum atomic E-state index is 13.1. The first kappa shape index (κ1) is 23.4. The van der Waals surface area contributed by atoms with Gasteiger partial charge in [-0.25, -0.2) is 8.42 Å². The van der Waals surface area contributed by atoms with E-state index in [0.717, 1.165) is 12.1 Å². The number of ether oxygens (including phenoxy) is 1. The van der Waals surface area contributed by atoms with Crippen LogP contribution in [0.2, 0.25) is 5.02 Å². The van der Waals surface area contributed by atoms with E-state index in [1.807, 2.05) is 0 Å². The number of alkyl halides is 3. The molecule has 3 rings (SSSR count). The minimum Gasteiger partial charge on any atom is -0.495 e. The second-order valence-corrected chi connectivity index (χ2v) is 9.41. The largest absolute Gasteiger partial charge is 0.495 e. The van der Waals surface area contributed by atoms with Gasteiger partial charge in [-0.3, -0.25) is 4.79 Å². The Balaban J connectivity index is 1.78. The van der Waals surface area contributed by atoms with Crippen LogP contribution in [0.3, 0.4) is 0 Å². The average Bonchev–Trinajstić information content (AvgIpc) is 2.73. The fraction of sp³-hybridized carbons (Fsp3) is 0.350. The highest BCUT2D eigenvalue weighted by Gasteiger charge is 2.35. The highest BCUT2D eigenvalue weighted by atomic mass is 35.5. The van der Waals surface area contributed by atoms with Gasteiger partial charge >= 0.3 is 6.18 Å². The van der Waals surface area contributed by atoms with Gasteiger partial charge in [0.2, 0.25) is 15.9 Å². The molecule has 1 saturated heterocycles. The predicted octanol–water partition coefficient (Wildman–Crippen LogP) is 4.41. The van der Waals surface area contributed by atoms with E-state index in [1.165, 1.54) is 41.7 Å². The summed E-state index contributed by atoms with van der Waals surface area (Å²) in [5.41, 5.74) is -0.887. The Hall–Kier alpha value is -2.30. The van der Waals surface area contributed by atoms with E-state index in [9.17, 15) is 26.4 Å². The Morgan fingerprint density at radius 3 is 2.65 bits per heavy atom. The number of methoxy groups -OCH3 is 1. The third-order valence-corrected chi connectivity index (χ3v) is 7.08. The molecule has 1 aliphatic heterocycles. The average molecular weight is 477 g/mol. The van der Waals surface area contributed by atoms with Crippen molar-refractivity contribution in [2.75, 3.05) is 25.5 Å². The number of piperidine rings is 1. The van der Waals surface area contributed by atoms with Gasteiger partial charge in [-0.1, -0.05) is 17.7 Å². The lowest BCUT2D eigenvalue weighted by Gasteiger charge is -2.31. The Bertz CT molecular complexity index is 1080. The first-order valence-electron chi connectivity index (χ1n) is 9.34. The van der Waals surface area contributed by atoms with Crippen LogP contribution in [0.5, 0.6) is 5.75 Å². The van der Waals surface area contributed by atoms with E-state index in [1.54, 1.807) is 0 Å². The van der Waals surface area contributed by atoms with Gasteiger partial charge in [0, 0.05) is 23.8 Å². The van der Waals surface area contributed by atoms with Crippen LogP contribution in [-0.4, -0.2) is 38.8 Å². The molecular weight excluding hydrogens is 457 g/mol. The second kappa shape index (κ2) is 9.05. The van der Waals surface area contributed by atoms with Crippen molar-refractivity contribution in [2.45, 2.75) is 23.9 Å². The first-order valence-corrected chi connectivity index (χ1v) is 11.2. The topological polar surface area (TPSA) is 75.7 Å². The Kier molecular flexibility index (Phi) is 6.82. The number of benzene rings is 2. The Labute approximate surface area is 183 Å². The van der Waals surface area contributed by atoms with E-state index in [-0.39, 0.29) is 34.4 Å². The summed E-state index contributed by atoms with van der Waals surface area (Å²) in [7, 11) is -2.66. The number of carbonyl (C=O) groups excluding carboxylic acids is 1. The predicted molar refractivity (Wildman–Crippen MR) is 110 cm³/mol. The summed E-state index contributed by atoms with van der Waals surface area (Å²) < 4.78 is 71.2. The van der Waals surface area contributed by atoms with Crippen LogP contribution >= 0.6 is 11.6 Å². The molecule has 31 heavy (non-hydrogen) atoms. The summed E-state index contributed by atoms with van der Waals surface area (Å²) in [6.07, 6.45) is -3.71. The van der Waals surface area contributed by atoms with Gasteiger partial charge < -0.3 is 10.1 Å². The zero-order valence-electron chi connectivity index (χ0n) is 16.4. The number of rotatable bonds is 5. The SMILES string of the molecule is COc1ccc(Cl)cc1S(=O)(=O)N1CCC[C@H](C(=O)Nc2cccc(C(F)(F)F)c2)C1. The fourth-order valence-electron chi connectivity index (χ4n) is 3.38. The minimum atomic E-state index is -4.54. The van der Waals surface area contributed by atoms with E-state index in [4.69, 9.17) is 16.3 Å². The molecule has 1 N–H and O–H groups in total. The number of nitrogens with one attached hydrogen (secondary N) is 1. The zero-order valence-corrected chi connectivity index (χ0v) is 18.0. The van der Waals surface area contributed by atoms with E-state index >= 15 is 0 Å².